The number of aromatic nitrogens is 4. The van der Waals surface area contributed by atoms with Crippen LogP contribution in [0.15, 0.2) is 54.5 Å². The molecular weight excluding hydrogens is 304 g/mol. The molecule has 0 fully saturated rings. The number of rotatable bonds is 5. The number of nitrogens with zero attached hydrogens (tertiary/aromatic N) is 4. The van der Waals surface area contributed by atoms with E-state index in [1.807, 2.05) is 41.2 Å². The maximum absolute atomic E-state index is 5.90. The van der Waals surface area contributed by atoms with Crippen LogP contribution in [0.5, 0.6) is 0 Å². The second-order valence-corrected chi connectivity index (χ2v) is 5.89. The zero-order valence-corrected chi connectivity index (χ0v) is 12.8. The topological polar surface area (TPSA) is 43.6 Å². The monoisotopic (exact) mass is 316 g/mol. The third kappa shape index (κ3) is 3.09. The minimum absolute atomic E-state index is 0.656. The summed E-state index contributed by atoms with van der Waals surface area (Å²) in [7, 11) is 0. The van der Waals surface area contributed by atoms with Gasteiger partial charge in [-0.3, -0.25) is 0 Å². The summed E-state index contributed by atoms with van der Waals surface area (Å²) in [5, 5.41) is 7.06. The molecule has 0 radical (unpaired) electrons. The van der Waals surface area contributed by atoms with Crippen LogP contribution >= 0.6 is 23.4 Å². The van der Waals surface area contributed by atoms with Gasteiger partial charge in [0.1, 0.15) is 11.4 Å². The Hall–Kier alpha value is -1.85. The molecule has 3 aromatic rings. The van der Waals surface area contributed by atoms with E-state index in [0.29, 0.717) is 6.54 Å². The Morgan fingerprint density at radius 1 is 1.24 bits per heavy atom. The first kappa shape index (κ1) is 14.1. The number of thioether (sulfide) groups is 1. The summed E-state index contributed by atoms with van der Waals surface area (Å²) in [6.07, 6.45) is 5.25. The van der Waals surface area contributed by atoms with Crippen molar-refractivity contribution in [1.29, 1.82) is 0 Å². The van der Waals surface area contributed by atoms with Gasteiger partial charge in [0.25, 0.3) is 0 Å². The molecule has 2 aromatic heterocycles. The van der Waals surface area contributed by atoms with Gasteiger partial charge in [-0.2, -0.15) is 5.10 Å². The zero-order valence-electron chi connectivity index (χ0n) is 11.2. The van der Waals surface area contributed by atoms with Crippen LogP contribution in [0.3, 0.4) is 0 Å². The summed E-state index contributed by atoms with van der Waals surface area (Å²) in [6.45, 7) is 4.38. The van der Waals surface area contributed by atoms with Gasteiger partial charge in [-0.15, -0.1) is 18.3 Å². The normalized spacial score (nSPS) is 10.9. The molecule has 1 aromatic carbocycles. The van der Waals surface area contributed by atoms with Gasteiger partial charge in [0.15, 0.2) is 5.65 Å². The highest BCUT2D eigenvalue weighted by Crippen LogP contribution is 2.24. The van der Waals surface area contributed by atoms with Crippen LogP contribution in [-0.2, 0) is 6.54 Å². The highest BCUT2D eigenvalue weighted by Gasteiger charge is 2.10. The summed E-state index contributed by atoms with van der Waals surface area (Å²) >= 11 is 7.54. The molecule has 3 rings (SSSR count). The smallest absolute Gasteiger partial charge is 0.162 e. The van der Waals surface area contributed by atoms with Crippen LogP contribution in [-0.4, -0.2) is 25.5 Å². The molecule has 0 aliphatic heterocycles. The van der Waals surface area contributed by atoms with Crippen molar-refractivity contribution in [2.45, 2.75) is 11.6 Å². The van der Waals surface area contributed by atoms with Crippen LogP contribution in [0.2, 0.25) is 5.02 Å². The molecule has 106 valence electrons. The van der Waals surface area contributed by atoms with Crippen LogP contribution in [0.25, 0.3) is 11.0 Å². The summed E-state index contributed by atoms with van der Waals surface area (Å²) in [5.41, 5.74) is 1.97. The molecule has 0 saturated carbocycles. The molecule has 6 heteroatoms. The summed E-state index contributed by atoms with van der Waals surface area (Å²) < 4.78 is 1.87. The van der Waals surface area contributed by atoms with Crippen molar-refractivity contribution in [3.8, 4) is 0 Å². The van der Waals surface area contributed by atoms with E-state index in [4.69, 9.17) is 11.6 Å². The third-order valence-electron chi connectivity index (χ3n) is 2.98. The molecule has 0 aliphatic rings. The summed E-state index contributed by atoms with van der Waals surface area (Å²) in [5.74, 6) is 0.814. The molecule has 0 atom stereocenters. The summed E-state index contributed by atoms with van der Waals surface area (Å²) in [6, 6.07) is 7.74. The molecule has 0 N–H and O–H groups in total. The van der Waals surface area contributed by atoms with E-state index in [1.54, 1.807) is 18.1 Å². The Bertz CT molecular complexity index is 767. The highest BCUT2D eigenvalue weighted by molar-refractivity contribution is 7.99. The van der Waals surface area contributed by atoms with Crippen molar-refractivity contribution < 1.29 is 0 Å². The third-order valence-corrected chi connectivity index (χ3v) is 4.23. The van der Waals surface area contributed by atoms with Crippen LogP contribution in [0, 0.1) is 0 Å². The predicted octanol–water partition coefficient (Wildman–Crippen LogP) is 3.81. The quantitative estimate of drug-likeness (QED) is 0.408. The van der Waals surface area contributed by atoms with Gasteiger partial charge in [-0.1, -0.05) is 29.8 Å². The minimum Gasteiger partial charge on any atom is -0.243 e. The molecular formula is C15H13ClN4S. The molecule has 4 nitrogen and oxygen atoms in total. The van der Waals surface area contributed by atoms with Gasteiger partial charge in [0.2, 0.25) is 0 Å². The summed E-state index contributed by atoms with van der Waals surface area (Å²) in [4.78, 5) is 8.66. The lowest BCUT2D eigenvalue weighted by Gasteiger charge is -2.04. The maximum atomic E-state index is 5.90. The van der Waals surface area contributed by atoms with E-state index in [2.05, 4.69) is 21.6 Å². The van der Waals surface area contributed by atoms with Crippen molar-refractivity contribution >= 4 is 34.4 Å². The van der Waals surface area contributed by atoms with E-state index < -0.39 is 0 Å². The standard InChI is InChI=1S/C15H13ClN4S/c1-2-7-21-15-13-8-19-20(14(13)17-10-18-15)9-11-3-5-12(16)6-4-11/h2-6,8,10H,1,7,9H2. The van der Waals surface area contributed by atoms with Crippen molar-refractivity contribution in [2.75, 3.05) is 5.75 Å². The molecule has 0 aliphatic carbocycles. The van der Waals surface area contributed by atoms with Crippen LogP contribution < -0.4 is 0 Å². The fourth-order valence-electron chi connectivity index (χ4n) is 2.00. The van der Waals surface area contributed by atoms with E-state index in [-0.39, 0.29) is 0 Å². The number of hydrogen-bond donors (Lipinski definition) is 0. The second-order valence-electron chi connectivity index (χ2n) is 4.44. The number of hydrogen-bond acceptors (Lipinski definition) is 4. The van der Waals surface area contributed by atoms with Gasteiger partial charge in [-0.25, -0.2) is 14.6 Å². The molecule has 21 heavy (non-hydrogen) atoms. The van der Waals surface area contributed by atoms with Crippen molar-refractivity contribution in [2.24, 2.45) is 0 Å². The molecule has 0 saturated heterocycles. The first-order valence-corrected chi connectivity index (χ1v) is 7.79. The van der Waals surface area contributed by atoms with Gasteiger partial charge >= 0.3 is 0 Å². The molecule has 0 bridgehead atoms. The Labute approximate surface area is 131 Å². The van der Waals surface area contributed by atoms with Crippen molar-refractivity contribution in [1.82, 2.24) is 19.7 Å². The first-order valence-electron chi connectivity index (χ1n) is 6.42. The number of halogens is 1. The lowest BCUT2D eigenvalue weighted by molar-refractivity contribution is 0.703. The van der Waals surface area contributed by atoms with Gasteiger partial charge in [0.05, 0.1) is 18.1 Å². The second kappa shape index (κ2) is 6.28. The zero-order chi connectivity index (χ0) is 14.7. The Kier molecular flexibility index (Phi) is 4.22. The van der Waals surface area contributed by atoms with Crippen LogP contribution in [0.4, 0.5) is 0 Å². The largest absolute Gasteiger partial charge is 0.243 e. The van der Waals surface area contributed by atoms with Gasteiger partial charge in [-0.05, 0) is 17.7 Å². The highest BCUT2D eigenvalue weighted by atomic mass is 35.5. The van der Waals surface area contributed by atoms with Crippen LogP contribution in [0.1, 0.15) is 5.56 Å². The number of fused-ring (bicyclic) bond motifs is 1. The molecule has 0 unspecified atom stereocenters. The lowest BCUT2D eigenvalue weighted by atomic mass is 10.2. The Morgan fingerprint density at radius 2 is 2.05 bits per heavy atom. The SMILES string of the molecule is C=CCSc1ncnc2c1cnn2Cc1ccc(Cl)cc1. The molecule has 0 amide bonds. The van der Waals surface area contributed by atoms with E-state index in [9.17, 15) is 0 Å². The fraction of sp³-hybridized carbons (Fsp3) is 0.133. The maximum Gasteiger partial charge on any atom is 0.162 e. The van der Waals surface area contributed by atoms with Gasteiger partial charge < -0.3 is 0 Å². The Morgan fingerprint density at radius 3 is 2.81 bits per heavy atom. The van der Waals surface area contributed by atoms with Crippen molar-refractivity contribution in [3.05, 3.63) is 60.0 Å². The van der Waals surface area contributed by atoms with E-state index in [1.165, 1.54) is 0 Å². The fourth-order valence-corrected chi connectivity index (χ4v) is 2.83. The Balaban J connectivity index is 1.93. The van der Waals surface area contributed by atoms with Gasteiger partial charge in [0, 0.05) is 10.8 Å². The molecule has 0 spiro atoms. The average Bonchev–Trinajstić information content (AvgIpc) is 2.91. The van der Waals surface area contributed by atoms with E-state index in [0.717, 1.165) is 32.4 Å². The van der Waals surface area contributed by atoms with Crippen molar-refractivity contribution in [3.63, 3.8) is 0 Å². The predicted molar refractivity (Wildman–Crippen MR) is 86.8 cm³/mol. The first-order chi connectivity index (χ1) is 10.3. The average molecular weight is 317 g/mol. The number of benzene rings is 1. The lowest BCUT2D eigenvalue weighted by Crippen LogP contribution is -2.02. The molecule has 2 heterocycles. The van der Waals surface area contributed by atoms with E-state index >= 15 is 0 Å². The minimum atomic E-state index is 0.656.